The van der Waals surface area contributed by atoms with E-state index in [1.165, 1.54) is 12.1 Å². The van der Waals surface area contributed by atoms with Crippen LogP contribution in [0.25, 0.3) is 10.8 Å². The number of nitrogens with one attached hydrogen (secondary N) is 1. The molecule has 1 amide bonds. The highest BCUT2D eigenvalue weighted by Crippen LogP contribution is 2.33. The van der Waals surface area contributed by atoms with Crippen LogP contribution in [0.3, 0.4) is 0 Å². The number of aromatic nitrogens is 2. The van der Waals surface area contributed by atoms with Crippen LogP contribution in [0.5, 0.6) is 0 Å². The fraction of sp³-hybridized carbons (Fsp3) is 0.250. The van der Waals surface area contributed by atoms with Crippen molar-refractivity contribution >= 4 is 50.9 Å². The van der Waals surface area contributed by atoms with Crippen molar-refractivity contribution in [1.82, 2.24) is 9.97 Å². The molecule has 150 valence electrons. The first-order valence-electron chi connectivity index (χ1n) is 8.96. The zero-order valence-electron chi connectivity index (χ0n) is 15.1. The molecule has 0 spiro atoms. The molecule has 0 atom stereocenters. The van der Waals surface area contributed by atoms with E-state index in [2.05, 4.69) is 15.3 Å². The standard InChI is InChI=1S/C20H16F3IN4O/c21-16-10-13(24)1-2-14(16)19(29)27-17-9-12-3-6-25-11-15(12)18(26-17)28-7-4-20(22,23)5-8-28/h1-3,6,9-11H,4-5,7-8H2,(H,26,27,29). The van der Waals surface area contributed by atoms with Gasteiger partial charge in [0.2, 0.25) is 0 Å². The van der Waals surface area contributed by atoms with E-state index in [1.807, 2.05) is 22.6 Å². The number of rotatable bonds is 3. The highest BCUT2D eigenvalue weighted by Gasteiger charge is 2.35. The summed E-state index contributed by atoms with van der Waals surface area (Å²) in [6, 6.07) is 7.72. The van der Waals surface area contributed by atoms with Crippen molar-refractivity contribution < 1.29 is 18.0 Å². The third-order valence-corrected chi connectivity index (χ3v) is 5.50. The lowest BCUT2D eigenvalue weighted by atomic mass is 10.1. The number of anilines is 2. The molecule has 3 heterocycles. The molecular weight excluding hydrogens is 496 g/mol. The van der Waals surface area contributed by atoms with Gasteiger partial charge in [-0.1, -0.05) is 0 Å². The second-order valence-electron chi connectivity index (χ2n) is 6.85. The van der Waals surface area contributed by atoms with Crippen molar-refractivity contribution in [2.24, 2.45) is 0 Å². The summed E-state index contributed by atoms with van der Waals surface area (Å²) >= 11 is 1.96. The minimum atomic E-state index is -2.68. The molecule has 1 N–H and O–H groups in total. The van der Waals surface area contributed by atoms with Gasteiger partial charge in [-0.2, -0.15) is 0 Å². The Bertz CT molecular complexity index is 1080. The number of amides is 1. The van der Waals surface area contributed by atoms with Gasteiger partial charge in [-0.3, -0.25) is 9.78 Å². The number of pyridine rings is 2. The Hall–Kier alpha value is -2.43. The van der Waals surface area contributed by atoms with Crippen molar-refractivity contribution in [3.8, 4) is 0 Å². The van der Waals surface area contributed by atoms with E-state index in [0.717, 1.165) is 5.39 Å². The summed E-state index contributed by atoms with van der Waals surface area (Å²) in [5.74, 6) is -3.24. The molecule has 0 saturated carbocycles. The van der Waals surface area contributed by atoms with Crippen LogP contribution in [-0.2, 0) is 0 Å². The maximum absolute atomic E-state index is 14.1. The van der Waals surface area contributed by atoms with E-state index >= 15 is 0 Å². The van der Waals surface area contributed by atoms with E-state index in [1.54, 1.807) is 35.5 Å². The Labute approximate surface area is 178 Å². The zero-order valence-corrected chi connectivity index (χ0v) is 17.3. The molecule has 2 aromatic heterocycles. The number of fused-ring (bicyclic) bond motifs is 1. The summed E-state index contributed by atoms with van der Waals surface area (Å²) in [5, 5.41) is 4.07. The Balaban J connectivity index is 1.67. The van der Waals surface area contributed by atoms with Crippen molar-refractivity contribution in [2.45, 2.75) is 18.8 Å². The molecule has 1 saturated heterocycles. The van der Waals surface area contributed by atoms with Crippen LogP contribution in [0, 0.1) is 9.39 Å². The van der Waals surface area contributed by atoms with Gasteiger partial charge in [0.25, 0.3) is 11.8 Å². The van der Waals surface area contributed by atoms with Gasteiger partial charge in [0.05, 0.1) is 5.56 Å². The molecule has 0 bridgehead atoms. The lowest BCUT2D eigenvalue weighted by Crippen LogP contribution is -2.40. The predicted molar refractivity (Wildman–Crippen MR) is 113 cm³/mol. The quantitative estimate of drug-likeness (QED) is 0.510. The van der Waals surface area contributed by atoms with E-state index < -0.39 is 17.6 Å². The molecule has 1 aromatic carbocycles. The number of alkyl halides is 2. The SMILES string of the molecule is O=C(Nc1cc2ccncc2c(N2CCC(F)(F)CC2)n1)c1ccc(I)cc1F. The number of carbonyl (C=O) groups excluding carboxylic acids is 1. The summed E-state index contributed by atoms with van der Waals surface area (Å²) in [5.41, 5.74) is -0.0961. The molecule has 0 unspecified atom stereocenters. The van der Waals surface area contributed by atoms with Crippen LogP contribution in [0.2, 0.25) is 0 Å². The van der Waals surface area contributed by atoms with Crippen LogP contribution >= 0.6 is 22.6 Å². The minimum Gasteiger partial charge on any atom is -0.356 e. The van der Waals surface area contributed by atoms with E-state index in [9.17, 15) is 18.0 Å². The van der Waals surface area contributed by atoms with Crippen LogP contribution in [-0.4, -0.2) is 34.9 Å². The summed E-state index contributed by atoms with van der Waals surface area (Å²) in [6.45, 7) is 0.292. The van der Waals surface area contributed by atoms with Gasteiger partial charge in [0, 0.05) is 47.3 Å². The second kappa shape index (κ2) is 7.77. The number of hydrogen-bond acceptors (Lipinski definition) is 4. The van der Waals surface area contributed by atoms with Crippen molar-refractivity contribution in [3.63, 3.8) is 0 Å². The van der Waals surface area contributed by atoms with Crippen LogP contribution in [0.4, 0.5) is 24.8 Å². The van der Waals surface area contributed by atoms with Gasteiger partial charge < -0.3 is 10.2 Å². The normalized spacial score (nSPS) is 16.1. The number of carbonyl (C=O) groups is 1. The smallest absolute Gasteiger partial charge is 0.259 e. The number of piperidine rings is 1. The average Bonchev–Trinajstić information content (AvgIpc) is 2.67. The average molecular weight is 512 g/mol. The molecule has 0 radical (unpaired) electrons. The van der Waals surface area contributed by atoms with Gasteiger partial charge in [-0.25, -0.2) is 18.2 Å². The minimum absolute atomic E-state index is 0.0961. The Kier molecular flexibility index (Phi) is 5.32. The first kappa shape index (κ1) is 19.9. The van der Waals surface area contributed by atoms with Gasteiger partial charge in [-0.15, -0.1) is 0 Å². The lowest BCUT2D eigenvalue weighted by molar-refractivity contribution is -0.0221. The summed E-state index contributed by atoms with van der Waals surface area (Å²) in [4.78, 5) is 22.9. The molecule has 0 aliphatic carbocycles. The number of nitrogens with zero attached hydrogens (tertiary/aromatic N) is 3. The summed E-state index contributed by atoms with van der Waals surface area (Å²) in [6.07, 6.45) is 2.69. The Morgan fingerprint density at radius 3 is 2.66 bits per heavy atom. The number of hydrogen-bond donors (Lipinski definition) is 1. The lowest BCUT2D eigenvalue weighted by Gasteiger charge is -2.33. The predicted octanol–water partition coefficient (Wildman–Crippen LogP) is 4.86. The zero-order chi connectivity index (χ0) is 20.6. The first-order valence-corrected chi connectivity index (χ1v) is 10.0. The highest BCUT2D eigenvalue weighted by molar-refractivity contribution is 14.1. The van der Waals surface area contributed by atoms with Gasteiger partial charge in [-0.05, 0) is 58.3 Å². The summed E-state index contributed by atoms with van der Waals surface area (Å²) < 4.78 is 41.9. The molecule has 5 nitrogen and oxygen atoms in total. The molecule has 4 rings (SSSR count). The summed E-state index contributed by atoms with van der Waals surface area (Å²) in [7, 11) is 0. The molecule has 3 aromatic rings. The van der Waals surface area contributed by atoms with Gasteiger partial charge >= 0.3 is 0 Å². The molecule has 1 aliphatic heterocycles. The van der Waals surface area contributed by atoms with Crippen molar-refractivity contribution in [1.29, 1.82) is 0 Å². The van der Waals surface area contributed by atoms with Crippen LogP contribution in [0.1, 0.15) is 23.2 Å². The number of benzene rings is 1. The van der Waals surface area contributed by atoms with E-state index in [0.29, 0.717) is 14.8 Å². The van der Waals surface area contributed by atoms with Crippen LogP contribution < -0.4 is 10.2 Å². The topological polar surface area (TPSA) is 58.1 Å². The van der Waals surface area contributed by atoms with Crippen molar-refractivity contribution in [3.05, 3.63) is 57.7 Å². The Morgan fingerprint density at radius 1 is 1.17 bits per heavy atom. The first-order chi connectivity index (χ1) is 13.8. The van der Waals surface area contributed by atoms with Gasteiger partial charge in [0.15, 0.2) is 0 Å². The molecule has 29 heavy (non-hydrogen) atoms. The molecular formula is C20H16F3IN4O. The fourth-order valence-corrected chi connectivity index (χ4v) is 3.73. The van der Waals surface area contributed by atoms with E-state index in [-0.39, 0.29) is 37.3 Å². The monoisotopic (exact) mass is 512 g/mol. The van der Waals surface area contributed by atoms with Crippen molar-refractivity contribution in [2.75, 3.05) is 23.3 Å². The maximum atomic E-state index is 14.1. The molecule has 9 heteroatoms. The van der Waals surface area contributed by atoms with Gasteiger partial charge in [0.1, 0.15) is 17.5 Å². The third kappa shape index (κ3) is 4.29. The van der Waals surface area contributed by atoms with E-state index in [4.69, 9.17) is 0 Å². The molecule has 1 aliphatic rings. The number of halogens is 4. The van der Waals surface area contributed by atoms with Crippen LogP contribution in [0.15, 0.2) is 42.7 Å². The largest absolute Gasteiger partial charge is 0.356 e. The fourth-order valence-electron chi connectivity index (χ4n) is 3.28. The third-order valence-electron chi connectivity index (χ3n) is 4.83. The highest BCUT2D eigenvalue weighted by atomic mass is 127. The maximum Gasteiger partial charge on any atom is 0.259 e. The Morgan fingerprint density at radius 2 is 1.93 bits per heavy atom. The molecule has 1 fully saturated rings. The second-order valence-corrected chi connectivity index (χ2v) is 8.09.